The van der Waals surface area contributed by atoms with Crippen LogP contribution in [0.4, 0.5) is 4.79 Å². The fraction of sp³-hybridized carbons (Fsp3) is 0.636. The fourth-order valence-corrected chi connectivity index (χ4v) is 9.32. The molecule has 0 spiro atoms. The van der Waals surface area contributed by atoms with Crippen LogP contribution in [0.2, 0.25) is 0 Å². The summed E-state index contributed by atoms with van der Waals surface area (Å²) in [6.07, 6.45) is 4.92. The van der Waals surface area contributed by atoms with Gasteiger partial charge in [0.15, 0.2) is 0 Å². The predicted octanol–water partition coefficient (Wildman–Crippen LogP) is -1.30. The first-order chi connectivity index (χ1) is 32.6. The smallest absolute Gasteiger partial charge is 0.315 e. The Morgan fingerprint density at radius 3 is 2.09 bits per heavy atom. The number of carboxylic acid groups (broad SMARTS) is 1. The summed E-state index contributed by atoms with van der Waals surface area (Å²) in [7, 11) is 0. The van der Waals surface area contributed by atoms with E-state index < -0.39 is 90.9 Å². The minimum atomic E-state index is -1.47. The molecule has 2 aliphatic heterocycles. The van der Waals surface area contributed by atoms with Gasteiger partial charge in [0.05, 0.1) is 25.2 Å². The number of hydrogen-bond donors (Lipinski definition) is 13. The van der Waals surface area contributed by atoms with Crippen LogP contribution in [0.25, 0.3) is 0 Å². The molecular formula is C44H69N11O12S. The topological polar surface area (TPSA) is 371 Å². The summed E-state index contributed by atoms with van der Waals surface area (Å²) in [5.41, 5.74) is 13.7. The van der Waals surface area contributed by atoms with E-state index in [9.17, 15) is 53.1 Å². The Bertz CT molecular complexity index is 1860. The number of primary amides is 1. The molecule has 15 N–H and O–H groups in total. The first-order valence-electron chi connectivity index (χ1n) is 23.2. The molecule has 378 valence electrons. The average molecular weight is 976 g/mol. The molecule has 24 heteroatoms. The summed E-state index contributed by atoms with van der Waals surface area (Å²) >= 11 is 1.82. The van der Waals surface area contributed by atoms with Crippen LogP contribution in [0, 0.1) is 5.92 Å². The molecule has 0 saturated carbocycles. The Labute approximate surface area is 399 Å². The number of carboxylic acids is 1. The number of urea groups is 1. The SMILES string of the molecule is NCCCC[C@H](NC(=O)C(CCCc1ccccc1)CC(=O)NO)C(=O)N[C@@H](CCC(=O)O)C(=O)NCC(=O)NCC(=O)N[C@@H](CCCCNC(=O)CCCC[C@@H]1SC[C@@H]2NC(=O)N[C@@H]21)C(N)=O. The van der Waals surface area contributed by atoms with E-state index in [-0.39, 0.29) is 62.7 Å². The third kappa shape index (κ3) is 21.7. The Hall–Kier alpha value is -6.01. The van der Waals surface area contributed by atoms with Gasteiger partial charge in [0.2, 0.25) is 47.3 Å². The van der Waals surface area contributed by atoms with E-state index in [1.165, 1.54) is 5.48 Å². The summed E-state index contributed by atoms with van der Waals surface area (Å²) in [6, 6.07) is 5.84. The molecule has 1 aromatic rings. The second kappa shape index (κ2) is 31.1. The number of hydroxylamine groups is 1. The lowest BCUT2D eigenvalue weighted by atomic mass is 9.94. The third-order valence-electron chi connectivity index (χ3n) is 11.5. The van der Waals surface area contributed by atoms with E-state index in [0.29, 0.717) is 63.2 Å². The van der Waals surface area contributed by atoms with Gasteiger partial charge >= 0.3 is 12.0 Å². The molecule has 1 aromatic carbocycles. The number of aliphatic carboxylic acids is 1. The van der Waals surface area contributed by atoms with Crippen LogP contribution in [0.1, 0.15) is 102 Å². The van der Waals surface area contributed by atoms with Crippen molar-refractivity contribution in [1.29, 1.82) is 0 Å². The van der Waals surface area contributed by atoms with Crippen molar-refractivity contribution >= 4 is 71.0 Å². The molecule has 0 radical (unpaired) electrons. The van der Waals surface area contributed by atoms with Crippen molar-refractivity contribution < 1.29 is 58.3 Å². The lowest BCUT2D eigenvalue weighted by molar-refractivity contribution is -0.138. The molecule has 10 amide bonds. The molecule has 2 fully saturated rings. The first-order valence-corrected chi connectivity index (χ1v) is 24.2. The normalized spacial score (nSPS) is 17.7. The summed E-state index contributed by atoms with van der Waals surface area (Å²) in [5, 5.41) is 39.7. The molecule has 7 atom stereocenters. The van der Waals surface area contributed by atoms with Crippen molar-refractivity contribution in [2.75, 3.05) is 31.9 Å². The lowest BCUT2D eigenvalue weighted by Crippen LogP contribution is -2.55. The van der Waals surface area contributed by atoms with E-state index in [1.807, 2.05) is 42.1 Å². The van der Waals surface area contributed by atoms with Crippen LogP contribution in [-0.4, -0.2) is 137 Å². The monoisotopic (exact) mass is 975 g/mol. The molecule has 0 bridgehead atoms. The number of carbonyl (C=O) groups is 10. The molecular weight excluding hydrogens is 907 g/mol. The van der Waals surface area contributed by atoms with Crippen LogP contribution >= 0.6 is 11.8 Å². The highest BCUT2D eigenvalue weighted by atomic mass is 32.2. The third-order valence-corrected chi connectivity index (χ3v) is 13.0. The zero-order chi connectivity index (χ0) is 49.8. The van der Waals surface area contributed by atoms with Gasteiger partial charge < -0.3 is 59.1 Å². The van der Waals surface area contributed by atoms with Gasteiger partial charge in [-0.15, -0.1) is 0 Å². The van der Waals surface area contributed by atoms with Crippen LogP contribution < -0.4 is 59.5 Å². The molecule has 2 aliphatic rings. The number of benzene rings is 1. The van der Waals surface area contributed by atoms with Crippen molar-refractivity contribution in [1.82, 2.24) is 48.0 Å². The highest BCUT2D eigenvalue weighted by Gasteiger charge is 2.42. The predicted molar refractivity (Wildman–Crippen MR) is 249 cm³/mol. The Kier molecular flexibility index (Phi) is 25.8. The Balaban J connectivity index is 1.42. The Morgan fingerprint density at radius 2 is 1.38 bits per heavy atom. The lowest BCUT2D eigenvalue weighted by Gasteiger charge is -2.25. The second-order valence-electron chi connectivity index (χ2n) is 16.9. The molecule has 0 aliphatic carbocycles. The molecule has 68 heavy (non-hydrogen) atoms. The van der Waals surface area contributed by atoms with Crippen molar-refractivity contribution in [3.05, 3.63) is 35.9 Å². The number of fused-ring (bicyclic) bond motifs is 1. The fourth-order valence-electron chi connectivity index (χ4n) is 7.78. The number of carbonyl (C=O) groups excluding carboxylic acids is 9. The number of thioether (sulfide) groups is 1. The quantitative estimate of drug-likeness (QED) is 0.0165. The van der Waals surface area contributed by atoms with Gasteiger partial charge in [0, 0.05) is 42.7 Å². The largest absolute Gasteiger partial charge is 0.481 e. The summed E-state index contributed by atoms with van der Waals surface area (Å²) in [5.74, 6) is -7.02. The van der Waals surface area contributed by atoms with Crippen LogP contribution in [-0.2, 0) is 49.6 Å². The van der Waals surface area contributed by atoms with E-state index >= 15 is 0 Å². The minimum absolute atomic E-state index is 0.0784. The first kappa shape index (κ1) is 56.3. The maximum Gasteiger partial charge on any atom is 0.315 e. The van der Waals surface area contributed by atoms with Gasteiger partial charge in [-0.05, 0) is 89.2 Å². The molecule has 23 nitrogen and oxygen atoms in total. The standard InChI is InChI=1S/C44H69N11O12S/c45-21-8-6-16-30(51-41(63)28(23-35(57)55-67)14-10-13-27-11-2-1-3-12-27)43(65)52-31(19-20-38(60)61)42(64)49-24-36(58)48-25-37(59)50-29(40(46)62)15-7-9-22-47-34(56)18-5-4-17-33-39-32(26-68-33)53-44(66)54-39/h1-3,11-12,28-33,39,67H,4-10,13-26,45H2,(H2,46,62)(H,47,56)(H,48,58)(H,49,64)(H,50,59)(H,51,63)(H,52,65)(H,55,57)(H,60,61)(H2,53,54,66)/t28?,29-,30-,31-,32-,33-,39-/m0/s1. The molecule has 2 saturated heterocycles. The number of unbranched alkanes of at least 4 members (excludes halogenated alkanes) is 3. The minimum Gasteiger partial charge on any atom is -0.481 e. The summed E-state index contributed by atoms with van der Waals surface area (Å²) < 4.78 is 0. The molecule has 1 unspecified atom stereocenters. The van der Waals surface area contributed by atoms with Crippen LogP contribution in [0.5, 0.6) is 0 Å². The van der Waals surface area contributed by atoms with Gasteiger partial charge in [-0.2, -0.15) is 11.8 Å². The maximum absolute atomic E-state index is 13.6. The number of hydrogen-bond acceptors (Lipinski definition) is 13. The van der Waals surface area contributed by atoms with E-state index in [0.717, 1.165) is 24.2 Å². The van der Waals surface area contributed by atoms with Crippen molar-refractivity contribution in [2.45, 2.75) is 138 Å². The molecule has 0 aromatic heterocycles. The number of amides is 10. The van der Waals surface area contributed by atoms with Gasteiger partial charge in [-0.1, -0.05) is 36.8 Å². The zero-order valence-electron chi connectivity index (χ0n) is 38.3. The van der Waals surface area contributed by atoms with E-state index in [1.54, 1.807) is 0 Å². The van der Waals surface area contributed by atoms with Gasteiger partial charge in [-0.3, -0.25) is 48.4 Å². The van der Waals surface area contributed by atoms with Gasteiger partial charge in [-0.25, -0.2) is 10.3 Å². The summed E-state index contributed by atoms with van der Waals surface area (Å²) in [6.45, 7) is -0.620. The average Bonchev–Trinajstić information content (AvgIpc) is 3.87. The van der Waals surface area contributed by atoms with Gasteiger partial charge in [0.25, 0.3) is 0 Å². The van der Waals surface area contributed by atoms with E-state index in [2.05, 4.69) is 42.5 Å². The maximum atomic E-state index is 13.6. The van der Waals surface area contributed by atoms with E-state index in [4.69, 9.17) is 16.7 Å². The zero-order valence-corrected chi connectivity index (χ0v) is 39.1. The highest BCUT2D eigenvalue weighted by Crippen LogP contribution is 2.33. The number of nitrogens with one attached hydrogen (secondary N) is 9. The molecule has 3 rings (SSSR count). The number of rotatable bonds is 34. The number of nitrogens with two attached hydrogens (primary N) is 2. The van der Waals surface area contributed by atoms with Crippen molar-refractivity contribution in [3.63, 3.8) is 0 Å². The van der Waals surface area contributed by atoms with Crippen LogP contribution in [0.15, 0.2) is 30.3 Å². The van der Waals surface area contributed by atoms with Crippen molar-refractivity contribution in [3.8, 4) is 0 Å². The van der Waals surface area contributed by atoms with Crippen molar-refractivity contribution in [2.24, 2.45) is 17.4 Å². The van der Waals surface area contributed by atoms with Gasteiger partial charge in [0.1, 0.15) is 18.1 Å². The molecule has 2 heterocycles. The number of aryl methyl sites for hydroxylation is 1. The summed E-state index contributed by atoms with van der Waals surface area (Å²) in [4.78, 5) is 125. The second-order valence-corrected chi connectivity index (χ2v) is 18.2. The Morgan fingerprint density at radius 1 is 0.691 bits per heavy atom. The highest BCUT2D eigenvalue weighted by molar-refractivity contribution is 8.00. The van der Waals surface area contributed by atoms with Crippen LogP contribution in [0.3, 0.4) is 0 Å².